The molecule has 144 valence electrons. The number of hydrogen-bond donors (Lipinski definition) is 2. The first kappa shape index (κ1) is 19.1. The number of aliphatic hydroxyl groups excluding tert-OH is 1. The van der Waals surface area contributed by atoms with Gasteiger partial charge in [0.2, 0.25) is 5.91 Å². The minimum absolute atomic E-state index is 0.185. The Morgan fingerprint density at radius 2 is 2.35 bits per heavy atom. The molecule has 1 aromatic heterocycles. The van der Waals surface area contributed by atoms with Crippen LogP contribution >= 0.6 is 0 Å². The van der Waals surface area contributed by atoms with Crippen molar-refractivity contribution in [3.63, 3.8) is 0 Å². The Bertz CT molecular complexity index is 601. The topological polar surface area (TPSA) is 72.5 Å². The van der Waals surface area contributed by atoms with Crippen molar-refractivity contribution in [2.75, 3.05) is 26.2 Å². The van der Waals surface area contributed by atoms with Crippen molar-refractivity contribution in [3.8, 4) is 0 Å². The maximum Gasteiger partial charge on any atom is 0.222 e. The Morgan fingerprint density at radius 3 is 3.12 bits per heavy atom. The number of H-pyrrole nitrogens is 1. The Kier molecular flexibility index (Phi) is 6.48. The van der Waals surface area contributed by atoms with Gasteiger partial charge in [-0.2, -0.15) is 5.10 Å². The van der Waals surface area contributed by atoms with Gasteiger partial charge in [0.25, 0.3) is 0 Å². The first-order valence-corrected chi connectivity index (χ1v) is 9.90. The average molecular weight is 361 g/mol. The minimum atomic E-state index is -0.320. The largest absolute Gasteiger partial charge is 0.392 e. The summed E-state index contributed by atoms with van der Waals surface area (Å²) in [5, 5.41) is 17.8. The van der Waals surface area contributed by atoms with E-state index < -0.39 is 0 Å². The summed E-state index contributed by atoms with van der Waals surface area (Å²) in [6, 6.07) is 2.00. The van der Waals surface area contributed by atoms with E-state index in [2.05, 4.69) is 21.2 Å². The van der Waals surface area contributed by atoms with E-state index >= 15 is 0 Å². The Labute approximate surface area is 156 Å². The predicted octanol–water partition coefficient (Wildman–Crippen LogP) is 2.33. The number of aromatic nitrogens is 2. The lowest BCUT2D eigenvalue weighted by molar-refractivity contribution is -0.141. The minimum Gasteiger partial charge on any atom is -0.392 e. The standard InChI is InChI=1S/C20H32N4O2/c1-2-3-4-5-7-19(26)24-12-6-10-20(16-24)15-23(13-9-18(20)25)14-17-8-11-21-22-17/h2-3,8,11,18,25H,4-7,9-10,12-16H2,1H3,(H,21,22)/b3-2+/t18-,20-/m1/s1. The fraction of sp³-hybridized carbons (Fsp3) is 0.700. The molecule has 1 amide bonds. The fourth-order valence-corrected chi connectivity index (χ4v) is 4.46. The molecule has 0 aromatic carbocycles. The Balaban J connectivity index is 1.60. The van der Waals surface area contributed by atoms with Gasteiger partial charge in [-0.15, -0.1) is 0 Å². The summed E-state index contributed by atoms with van der Waals surface area (Å²) in [5.41, 5.74) is 0.916. The second-order valence-corrected chi connectivity index (χ2v) is 7.84. The number of carbonyl (C=O) groups excluding carboxylic acids is 1. The first-order chi connectivity index (χ1) is 12.6. The molecule has 1 aromatic rings. The molecular weight excluding hydrogens is 328 g/mol. The third-order valence-corrected chi connectivity index (χ3v) is 5.87. The number of hydrogen-bond acceptors (Lipinski definition) is 4. The number of amides is 1. The van der Waals surface area contributed by atoms with Crippen LogP contribution in [0.2, 0.25) is 0 Å². The van der Waals surface area contributed by atoms with Crippen molar-refractivity contribution in [2.24, 2.45) is 5.41 Å². The third kappa shape index (κ3) is 4.54. The zero-order valence-electron chi connectivity index (χ0n) is 15.9. The third-order valence-electron chi connectivity index (χ3n) is 5.87. The zero-order chi connectivity index (χ0) is 18.4. The molecule has 2 saturated heterocycles. The highest BCUT2D eigenvalue weighted by Gasteiger charge is 2.46. The summed E-state index contributed by atoms with van der Waals surface area (Å²) in [5.74, 6) is 0.242. The van der Waals surface area contributed by atoms with Crippen LogP contribution in [-0.4, -0.2) is 63.3 Å². The summed E-state index contributed by atoms with van der Waals surface area (Å²) >= 11 is 0. The van der Waals surface area contributed by atoms with Gasteiger partial charge in [0.1, 0.15) is 0 Å². The lowest BCUT2D eigenvalue weighted by Gasteiger charge is -2.51. The molecule has 2 aliphatic heterocycles. The molecule has 0 unspecified atom stereocenters. The molecule has 2 aliphatic rings. The van der Waals surface area contributed by atoms with Gasteiger partial charge in [-0.1, -0.05) is 12.2 Å². The fourth-order valence-electron chi connectivity index (χ4n) is 4.46. The van der Waals surface area contributed by atoms with Crippen LogP contribution in [0.3, 0.4) is 0 Å². The van der Waals surface area contributed by atoms with Crippen LogP contribution < -0.4 is 0 Å². The number of likely N-dealkylation sites (tertiary alicyclic amines) is 2. The van der Waals surface area contributed by atoms with Gasteiger partial charge in [0, 0.05) is 56.5 Å². The number of nitrogens with one attached hydrogen (secondary N) is 1. The Hall–Kier alpha value is -1.66. The summed E-state index contributed by atoms with van der Waals surface area (Å²) in [6.07, 6.45) is 10.8. The molecule has 1 spiro atoms. The molecule has 6 nitrogen and oxygen atoms in total. The normalized spacial score (nSPS) is 27.5. The highest BCUT2D eigenvalue weighted by Crippen LogP contribution is 2.39. The van der Waals surface area contributed by atoms with Gasteiger partial charge in [-0.3, -0.25) is 14.8 Å². The number of piperidine rings is 2. The number of carbonyl (C=O) groups is 1. The lowest BCUT2D eigenvalue weighted by atomic mass is 9.71. The molecular formula is C20H32N4O2. The van der Waals surface area contributed by atoms with Crippen LogP contribution in [0.25, 0.3) is 0 Å². The molecule has 0 radical (unpaired) electrons. The van der Waals surface area contributed by atoms with Crippen molar-refractivity contribution in [2.45, 2.75) is 58.1 Å². The zero-order valence-corrected chi connectivity index (χ0v) is 15.9. The van der Waals surface area contributed by atoms with Crippen molar-refractivity contribution >= 4 is 5.91 Å². The van der Waals surface area contributed by atoms with Crippen LogP contribution in [0.5, 0.6) is 0 Å². The summed E-state index contributed by atoms with van der Waals surface area (Å²) in [6.45, 7) is 6.09. The molecule has 0 bridgehead atoms. The summed E-state index contributed by atoms with van der Waals surface area (Å²) < 4.78 is 0. The molecule has 2 atom stereocenters. The van der Waals surface area contributed by atoms with Crippen LogP contribution in [0, 0.1) is 5.41 Å². The van der Waals surface area contributed by atoms with Gasteiger partial charge < -0.3 is 10.0 Å². The summed E-state index contributed by atoms with van der Waals surface area (Å²) in [7, 11) is 0. The highest BCUT2D eigenvalue weighted by molar-refractivity contribution is 5.76. The van der Waals surface area contributed by atoms with Crippen molar-refractivity contribution < 1.29 is 9.90 Å². The molecule has 0 saturated carbocycles. The van der Waals surface area contributed by atoms with Crippen molar-refractivity contribution in [1.82, 2.24) is 20.0 Å². The SMILES string of the molecule is C/C=C/CCCC(=O)N1CCC[C@@]2(CN(Cc3ccn[nH]3)CC[C@H]2O)C1. The highest BCUT2D eigenvalue weighted by atomic mass is 16.3. The number of unbranched alkanes of at least 4 members (excludes halogenated alkanes) is 1. The van der Waals surface area contributed by atoms with E-state index in [1.807, 2.05) is 24.0 Å². The van der Waals surface area contributed by atoms with E-state index in [9.17, 15) is 9.90 Å². The second kappa shape index (κ2) is 8.82. The van der Waals surface area contributed by atoms with Gasteiger partial charge in [0.15, 0.2) is 0 Å². The van der Waals surface area contributed by atoms with E-state index in [1.165, 1.54) is 0 Å². The van der Waals surface area contributed by atoms with Gasteiger partial charge in [0.05, 0.1) is 6.10 Å². The van der Waals surface area contributed by atoms with E-state index in [-0.39, 0.29) is 17.4 Å². The Morgan fingerprint density at radius 1 is 1.46 bits per heavy atom. The van der Waals surface area contributed by atoms with Crippen LogP contribution in [-0.2, 0) is 11.3 Å². The molecule has 2 fully saturated rings. The van der Waals surface area contributed by atoms with E-state index in [4.69, 9.17) is 0 Å². The molecule has 6 heteroatoms. The lowest BCUT2D eigenvalue weighted by Crippen LogP contribution is -2.59. The number of rotatable bonds is 6. The van der Waals surface area contributed by atoms with E-state index in [0.717, 1.165) is 64.0 Å². The van der Waals surface area contributed by atoms with Crippen LogP contribution in [0.15, 0.2) is 24.4 Å². The van der Waals surface area contributed by atoms with Gasteiger partial charge in [-0.05, 0) is 45.1 Å². The number of aromatic amines is 1. The van der Waals surface area contributed by atoms with E-state index in [0.29, 0.717) is 13.0 Å². The molecule has 26 heavy (non-hydrogen) atoms. The van der Waals surface area contributed by atoms with Gasteiger partial charge >= 0.3 is 0 Å². The molecule has 3 rings (SSSR count). The van der Waals surface area contributed by atoms with Crippen LogP contribution in [0.1, 0.15) is 51.1 Å². The number of nitrogens with zero attached hydrogens (tertiary/aromatic N) is 3. The first-order valence-electron chi connectivity index (χ1n) is 9.90. The van der Waals surface area contributed by atoms with Crippen molar-refractivity contribution in [3.05, 3.63) is 30.1 Å². The quantitative estimate of drug-likeness (QED) is 0.603. The average Bonchev–Trinajstić information content (AvgIpc) is 3.15. The summed E-state index contributed by atoms with van der Waals surface area (Å²) in [4.78, 5) is 17.0. The monoisotopic (exact) mass is 360 g/mol. The maximum absolute atomic E-state index is 12.6. The number of allylic oxidation sites excluding steroid dienone is 2. The molecule has 2 N–H and O–H groups in total. The molecule has 3 heterocycles. The number of aliphatic hydroxyl groups is 1. The molecule has 0 aliphatic carbocycles. The van der Waals surface area contributed by atoms with Crippen LogP contribution in [0.4, 0.5) is 0 Å². The second-order valence-electron chi connectivity index (χ2n) is 7.84. The predicted molar refractivity (Wildman–Crippen MR) is 101 cm³/mol. The maximum atomic E-state index is 12.6. The smallest absolute Gasteiger partial charge is 0.222 e. The van der Waals surface area contributed by atoms with Gasteiger partial charge in [-0.25, -0.2) is 0 Å². The van der Waals surface area contributed by atoms with E-state index in [1.54, 1.807) is 6.20 Å². The van der Waals surface area contributed by atoms with Crippen molar-refractivity contribution in [1.29, 1.82) is 0 Å².